The Morgan fingerprint density at radius 3 is 2.25 bits per heavy atom. The van der Waals surface area contributed by atoms with E-state index in [0.717, 1.165) is 10.5 Å². The summed E-state index contributed by atoms with van der Waals surface area (Å²) in [7, 11) is 0. The van der Waals surface area contributed by atoms with Crippen molar-refractivity contribution in [1.29, 1.82) is 0 Å². The molecule has 0 bridgehead atoms. The van der Waals surface area contributed by atoms with Crippen LogP contribution in [-0.2, 0) is 10.3 Å². The molecule has 1 amide bonds. The van der Waals surface area contributed by atoms with Crippen molar-refractivity contribution in [3.8, 4) is 0 Å². The van der Waals surface area contributed by atoms with Gasteiger partial charge in [0.15, 0.2) is 0 Å². The van der Waals surface area contributed by atoms with E-state index in [1.165, 1.54) is 17.3 Å². The lowest BCUT2D eigenvalue weighted by atomic mass is 9.92. The molecule has 0 radical (unpaired) electrons. The van der Waals surface area contributed by atoms with E-state index in [4.69, 9.17) is 11.5 Å². The topological polar surface area (TPSA) is 69.1 Å². The van der Waals surface area contributed by atoms with Crippen LogP contribution < -0.4 is 11.5 Å². The van der Waals surface area contributed by atoms with Crippen molar-refractivity contribution in [2.24, 2.45) is 11.5 Å². The van der Waals surface area contributed by atoms with Gasteiger partial charge in [-0.05, 0) is 24.6 Å². The van der Waals surface area contributed by atoms with E-state index < -0.39 is 11.4 Å². The third kappa shape index (κ3) is 3.21. The number of benzene rings is 2. The first-order valence-corrected chi connectivity index (χ1v) is 7.35. The highest BCUT2D eigenvalue weighted by Gasteiger charge is 2.33. The highest BCUT2D eigenvalue weighted by atomic mass is 32.2. The largest absolute Gasteiger partial charge is 0.368 e. The number of carbonyl (C=O) groups excluding carboxylic acids is 1. The highest BCUT2D eigenvalue weighted by Crippen LogP contribution is 2.28. The molecular weight excluding hydrogens is 268 g/mol. The number of hydrogen-bond acceptors (Lipinski definition) is 3. The van der Waals surface area contributed by atoms with E-state index in [2.05, 4.69) is 0 Å². The zero-order valence-electron chi connectivity index (χ0n) is 11.4. The molecule has 0 aliphatic heterocycles. The van der Waals surface area contributed by atoms with Gasteiger partial charge in [-0.15, -0.1) is 11.8 Å². The number of primary amides is 1. The highest BCUT2D eigenvalue weighted by molar-refractivity contribution is 7.99. The molecule has 2 aromatic rings. The fourth-order valence-electron chi connectivity index (χ4n) is 1.86. The monoisotopic (exact) mass is 286 g/mol. The molecule has 1 unspecified atom stereocenters. The molecule has 0 aromatic heterocycles. The van der Waals surface area contributed by atoms with Crippen molar-refractivity contribution in [2.45, 2.75) is 17.4 Å². The molecule has 4 heteroatoms. The predicted molar refractivity (Wildman–Crippen MR) is 83.4 cm³/mol. The van der Waals surface area contributed by atoms with Gasteiger partial charge < -0.3 is 11.5 Å². The van der Waals surface area contributed by atoms with E-state index in [1.807, 2.05) is 61.5 Å². The molecule has 1 atom stereocenters. The smallest absolute Gasteiger partial charge is 0.243 e. The van der Waals surface area contributed by atoms with Crippen LogP contribution in [0.5, 0.6) is 0 Å². The summed E-state index contributed by atoms with van der Waals surface area (Å²) < 4.78 is 0. The lowest BCUT2D eigenvalue weighted by molar-refractivity contribution is -0.122. The fourth-order valence-corrected chi connectivity index (χ4v) is 2.90. The van der Waals surface area contributed by atoms with Gasteiger partial charge in [0.2, 0.25) is 5.91 Å². The maximum Gasteiger partial charge on any atom is 0.243 e. The predicted octanol–water partition coefficient (Wildman–Crippen LogP) is 2.43. The molecule has 2 aromatic carbocycles. The van der Waals surface area contributed by atoms with Crippen LogP contribution in [0.3, 0.4) is 0 Å². The zero-order chi connectivity index (χ0) is 14.6. The molecule has 104 valence electrons. The number of amides is 1. The maximum atomic E-state index is 11.8. The molecule has 0 spiro atoms. The summed E-state index contributed by atoms with van der Waals surface area (Å²) in [4.78, 5) is 12.9. The van der Waals surface area contributed by atoms with E-state index in [0.29, 0.717) is 5.75 Å². The van der Waals surface area contributed by atoms with Crippen LogP contribution in [0.15, 0.2) is 59.5 Å². The lowest BCUT2D eigenvalue weighted by Gasteiger charge is -2.26. The minimum Gasteiger partial charge on any atom is -0.368 e. The summed E-state index contributed by atoms with van der Waals surface area (Å²) in [5, 5.41) is 0. The average molecular weight is 286 g/mol. The second kappa shape index (κ2) is 6.11. The fraction of sp³-hybridized carbons (Fsp3) is 0.188. The van der Waals surface area contributed by atoms with Crippen LogP contribution in [0.25, 0.3) is 0 Å². The molecule has 0 aliphatic rings. The van der Waals surface area contributed by atoms with Crippen LogP contribution in [0.4, 0.5) is 0 Å². The molecule has 3 nitrogen and oxygen atoms in total. The quantitative estimate of drug-likeness (QED) is 0.829. The first-order chi connectivity index (χ1) is 9.52. The molecular formula is C16H18N2OS. The standard InChI is InChI=1S/C16H18N2OS/c1-12-7-9-14(10-8-12)20-11-16(18,15(17)19)13-5-3-2-4-6-13/h2-10H,11,18H2,1H3,(H2,17,19). The second-order valence-corrected chi connectivity index (χ2v) is 5.85. The Balaban J connectivity index is 2.18. The van der Waals surface area contributed by atoms with E-state index in [9.17, 15) is 4.79 Å². The Morgan fingerprint density at radius 2 is 1.70 bits per heavy atom. The molecule has 0 heterocycles. The van der Waals surface area contributed by atoms with E-state index >= 15 is 0 Å². The van der Waals surface area contributed by atoms with Gasteiger partial charge in [0.05, 0.1) is 0 Å². The third-order valence-corrected chi connectivity index (χ3v) is 4.42. The van der Waals surface area contributed by atoms with Gasteiger partial charge >= 0.3 is 0 Å². The summed E-state index contributed by atoms with van der Waals surface area (Å²) in [5.74, 6) is -0.0987. The number of hydrogen-bond donors (Lipinski definition) is 2. The van der Waals surface area contributed by atoms with Crippen molar-refractivity contribution >= 4 is 17.7 Å². The summed E-state index contributed by atoms with van der Waals surface area (Å²) >= 11 is 1.53. The molecule has 4 N–H and O–H groups in total. The van der Waals surface area contributed by atoms with Crippen molar-refractivity contribution in [2.75, 3.05) is 5.75 Å². The van der Waals surface area contributed by atoms with Crippen molar-refractivity contribution in [3.05, 3.63) is 65.7 Å². The minimum atomic E-state index is -1.16. The Morgan fingerprint density at radius 1 is 1.10 bits per heavy atom. The van der Waals surface area contributed by atoms with Gasteiger partial charge in [-0.3, -0.25) is 4.79 Å². The van der Waals surface area contributed by atoms with Crippen molar-refractivity contribution in [1.82, 2.24) is 0 Å². The maximum absolute atomic E-state index is 11.8. The van der Waals surface area contributed by atoms with Gasteiger partial charge in [-0.2, -0.15) is 0 Å². The van der Waals surface area contributed by atoms with Crippen LogP contribution in [-0.4, -0.2) is 11.7 Å². The first kappa shape index (κ1) is 14.6. The Kier molecular flexibility index (Phi) is 4.47. The van der Waals surface area contributed by atoms with Crippen LogP contribution in [0.2, 0.25) is 0 Å². The molecule has 0 saturated heterocycles. The summed E-state index contributed by atoms with van der Waals surface area (Å²) in [6, 6.07) is 17.4. The lowest BCUT2D eigenvalue weighted by Crippen LogP contribution is -2.51. The summed E-state index contributed by atoms with van der Waals surface area (Å²) in [5.41, 5.74) is 12.5. The number of rotatable bonds is 5. The van der Waals surface area contributed by atoms with Crippen LogP contribution >= 0.6 is 11.8 Å². The SMILES string of the molecule is Cc1ccc(SCC(N)(C(N)=O)c2ccccc2)cc1. The van der Waals surface area contributed by atoms with Crippen LogP contribution in [0.1, 0.15) is 11.1 Å². The van der Waals surface area contributed by atoms with Gasteiger partial charge in [0.1, 0.15) is 5.54 Å². The molecule has 0 fully saturated rings. The molecule has 0 saturated carbocycles. The molecule has 20 heavy (non-hydrogen) atoms. The normalized spacial score (nSPS) is 13.7. The van der Waals surface area contributed by atoms with Crippen LogP contribution in [0, 0.1) is 6.92 Å². The van der Waals surface area contributed by atoms with Gasteiger partial charge in [0, 0.05) is 10.6 Å². The number of carbonyl (C=O) groups is 1. The minimum absolute atomic E-state index is 0.412. The molecule has 0 aliphatic carbocycles. The van der Waals surface area contributed by atoms with Crippen molar-refractivity contribution in [3.63, 3.8) is 0 Å². The van der Waals surface area contributed by atoms with Gasteiger partial charge in [0.25, 0.3) is 0 Å². The average Bonchev–Trinajstić information content (AvgIpc) is 2.47. The zero-order valence-corrected chi connectivity index (χ0v) is 12.2. The van der Waals surface area contributed by atoms with E-state index in [-0.39, 0.29) is 0 Å². The summed E-state index contributed by atoms with van der Waals surface area (Å²) in [6.07, 6.45) is 0. The number of nitrogens with two attached hydrogens (primary N) is 2. The van der Waals surface area contributed by atoms with E-state index in [1.54, 1.807) is 0 Å². The summed E-state index contributed by atoms with van der Waals surface area (Å²) in [6.45, 7) is 2.04. The first-order valence-electron chi connectivity index (χ1n) is 6.36. The number of thioether (sulfide) groups is 1. The Bertz CT molecular complexity index is 583. The Labute approximate surface area is 123 Å². The van der Waals surface area contributed by atoms with Crippen molar-refractivity contribution < 1.29 is 4.79 Å². The van der Waals surface area contributed by atoms with Gasteiger partial charge in [-0.25, -0.2) is 0 Å². The second-order valence-electron chi connectivity index (χ2n) is 4.80. The van der Waals surface area contributed by atoms with Gasteiger partial charge in [-0.1, -0.05) is 48.0 Å². The third-order valence-electron chi connectivity index (χ3n) is 3.22. The number of aryl methyl sites for hydroxylation is 1. The molecule has 2 rings (SSSR count). The Hall–Kier alpha value is -1.78.